The molecule has 1 rings (SSSR count). The van der Waals surface area contributed by atoms with Crippen molar-refractivity contribution in [3.8, 4) is 12.3 Å². The Bertz CT molecular complexity index is 668. The molecule has 22 heavy (non-hydrogen) atoms. The lowest BCUT2D eigenvalue weighted by Gasteiger charge is -2.17. The zero-order valence-electron chi connectivity index (χ0n) is 11.6. The number of sulfonamides is 1. The number of hydrogen-bond donors (Lipinski definition) is 2. The molecular weight excluding hydrogens is 323 g/mol. The second-order valence-corrected chi connectivity index (χ2v) is 6.23. The van der Waals surface area contributed by atoms with Crippen molar-refractivity contribution in [3.63, 3.8) is 0 Å². The van der Waals surface area contributed by atoms with Crippen LogP contribution in [0.15, 0.2) is 17.2 Å². The average Bonchev–Trinajstić information content (AvgIpc) is 2.44. The van der Waals surface area contributed by atoms with Crippen LogP contribution >= 0.6 is 0 Å². The predicted molar refractivity (Wildman–Crippen MR) is 73.5 cm³/mol. The second-order valence-electron chi connectivity index (χ2n) is 4.18. The maximum Gasteiger partial charge on any atom is 0.419 e. The Hall–Kier alpha value is -1.83. The number of aromatic nitrogens is 1. The summed E-state index contributed by atoms with van der Waals surface area (Å²) in [6.07, 6.45) is 0.995. The fourth-order valence-corrected chi connectivity index (χ4v) is 2.57. The summed E-state index contributed by atoms with van der Waals surface area (Å²) >= 11 is 0. The molecule has 0 radical (unpaired) electrons. The van der Waals surface area contributed by atoms with E-state index < -0.39 is 39.1 Å². The van der Waals surface area contributed by atoms with Crippen molar-refractivity contribution in [3.05, 3.63) is 17.8 Å². The molecule has 0 aliphatic rings. The number of alkyl halides is 3. The molecule has 1 aromatic rings. The third-order valence-corrected chi connectivity index (χ3v) is 4.36. The number of terminal acetylenes is 1. The van der Waals surface area contributed by atoms with Crippen LogP contribution in [0.3, 0.4) is 0 Å². The number of rotatable bonds is 6. The Kier molecular flexibility index (Phi) is 5.76. The van der Waals surface area contributed by atoms with Gasteiger partial charge in [0.15, 0.2) is 0 Å². The minimum Gasteiger partial charge on any atom is -0.395 e. The van der Waals surface area contributed by atoms with Crippen molar-refractivity contribution >= 4 is 15.8 Å². The minimum absolute atomic E-state index is 0.154. The fraction of sp³-hybridized carbons (Fsp3) is 0.417. The first-order valence-corrected chi connectivity index (χ1v) is 7.40. The molecular formula is C12H14F3N3O3S. The largest absolute Gasteiger partial charge is 0.419 e. The Morgan fingerprint density at radius 2 is 2.14 bits per heavy atom. The molecule has 1 heterocycles. The molecule has 0 fully saturated rings. The van der Waals surface area contributed by atoms with E-state index >= 15 is 0 Å². The fourth-order valence-electron chi connectivity index (χ4n) is 1.51. The van der Waals surface area contributed by atoms with E-state index in [1.807, 2.05) is 0 Å². The van der Waals surface area contributed by atoms with E-state index in [2.05, 4.69) is 16.2 Å². The first kappa shape index (κ1) is 18.2. The Morgan fingerprint density at radius 3 is 2.64 bits per heavy atom. The van der Waals surface area contributed by atoms with Gasteiger partial charge in [0.25, 0.3) is 0 Å². The van der Waals surface area contributed by atoms with E-state index in [9.17, 15) is 21.6 Å². The van der Waals surface area contributed by atoms with Crippen LogP contribution in [0.1, 0.15) is 5.56 Å². The van der Waals surface area contributed by atoms with Gasteiger partial charge in [-0.05, 0) is 6.07 Å². The van der Waals surface area contributed by atoms with Crippen molar-refractivity contribution in [2.45, 2.75) is 11.1 Å². The molecule has 0 aliphatic heterocycles. The van der Waals surface area contributed by atoms with Crippen LogP contribution in [-0.2, 0) is 16.2 Å². The van der Waals surface area contributed by atoms with Crippen LogP contribution in [0.2, 0.25) is 0 Å². The summed E-state index contributed by atoms with van der Waals surface area (Å²) in [5.41, 5.74) is -1.24. The summed E-state index contributed by atoms with van der Waals surface area (Å²) in [7, 11) is -3.02. The number of anilines is 1. The maximum atomic E-state index is 13.0. The zero-order chi connectivity index (χ0) is 17.0. The summed E-state index contributed by atoms with van der Waals surface area (Å²) < 4.78 is 63.9. The number of aliphatic hydroxyl groups is 1. The van der Waals surface area contributed by atoms with E-state index in [1.165, 1.54) is 0 Å². The van der Waals surface area contributed by atoms with Crippen molar-refractivity contribution in [2.24, 2.45) is 0 Å². The molecule has 0 spiro atoms. The van der Waals surface area contributed by atoms with Crippen LogP contribution in [0.5, 0.6) is 0 Å². The molecule has 1 aromatic heterocycles. The molecule has 0 saturated heterocycles. The van der Waals surface area contributed by atoms with Gasteiger partial charge in [0, 0.05) is 19.8 Å². The number of nitrogens with one attached hydrogen (secondary N) is 1. The second kappa shape index (κ2) is 6.95. The number of nitrogens with zero attached hydrogens (tertiary/aromatic N) is 2. The van der Waals surface area contributed by atoms with E-state index in [0.29, 0.717) is 6.07 Å². The normalized spacial score (nSPS) is 12.2. The highest BCUT2D eigenvalue weighted by molar-refractivity contribution is 7.89. The average molecular weight is 337 g/mol. The number of hydrogen-bond acceptors (Lipinski definition) is 5. The topological polar surface area (TPSA) is 82.5 Å². The van der Waals surface area contributed by atoms with Crippen LogP contribution in [0.25, 0.3) is 0 Å². The zero-order valence-corrected chi connectivity index (χ0v) is 12.4. The predicted octanol–water partition coefficient (Wildman–Crippen LogP) is 0.758. The van der Waals surface area contributed by atoms with Crippen molar-refractivity contribution in [1.29, 1.82) is 0 Å². The monoisotopic (exact) mass is 337 g/mol. The lowest BCUT2D eigenvalue weighted by molar-refractivity contribution is -0.137. The summed E-state index contributed by atoms with van der Waals surface area (Å²) in [5, 5.41) is 10.9. The summed E-state index contributed by atoms with van der Waals surface area (Å²) in [5.74, 6) is 1.54. The third kappa shape index (κ3) is 4.09. The van der Waals surface area contributed by atoms with Gasteiger partial charge in [0.2, 0.25) is 10.0 Å². The highest BCUT2D eigenvalue weighted by Crippen LogP contribution is 2.35. The van der Waals surface area contributed by atoms with E-state index in [-0.39, 0.29) is 13.1 Å². The summed E-state index contributed by atoms with van der Waals surface area (Å²) in [4.78, 5) is 2.87. The van der Waals surface area contributed by atoms with Gasteiger partial charge in [-0.3, -0.25) is 0 Å². The standard InChI is InChI=1S/C12H14F3N3O3S/c1-3-5-18(2)22(20,21)9-7-10(12(13,14)15)11(17-8-9)16-4-6-19/h1,7-8,19H,4-6H2,2H3,(H,16,17). The molecule has 2 N–H and O–H groups in total. The Labute approximate surface area is 126 Å². The van der Waals surface area contributed by atoms with Gasteiger partial charge in [-0.15, -0.1) is 6.42 Å². The summed E-state index contributed by atoms with van der Waals surface area (Å²) in [6.45, 7) is -0.836. The van der Waals surface area contributed by atoms with Crippen LogP contribution in [-0.4, -0.2) is 49.6 Å². The van der Waals surface area contributed by atoms with Gasteiger partial charge in [-0.2, -0.15) is 17.5 Å². The van der Waals surface area contributed by atoms with Crippen molar-refractivity contribution in [2.75, 3.05) is 32.1 Å². The molecule has 0 aliphatic carbocycles. The smallest absolute Gasteiger partial charge is 0.395 e. The van der Waals surface area contributed by atoms with Gasteiger partial charge in [-0.25, -0.2) is 13.4 Å². The molecule has 0 aromatic carbocycles. The minimum atomic E-state index is -4.80. The van der Waals surface area contributed by atoms with Gasteiger partial charge in [-0.1, -0.05) is 5.92 Å². The number of pyridine rings is 1. The highest BCUT2D eigenvalue weighted by Gasteiger charge is 2.36. The van der Waals surface area contributed by atoms with E-state index in [4.69, 9.17) is 11.5 Å². The van der Waals surface area contributed by atoms with Crippen molar-refractivity contribution < 1.29 is 26.7 Å². The molecule has 6 nitrogen and oxygen atoms in total. The number of halogens is 3. The van der Waals surface area contributed by atoms with E-state index in [0.717, 1.165) is 17.5 Å². The first-order valence-electron chi connectivity index (χ1n) is 5.96. The third-order valence-electron chi connectivity index (χ3n) is 2.59. The van der Waals surface area contributed by atoms with Crippen molar-refractivity contribution in [1.82, 2.24) is 9.29 Å². The quantitative estimate of drug-likeness (QED) is 0.749. The molecule has 0 amide bonds. The molecule has 0 bridgehead atoms. The molecule has 0 atom stereocenters. The van der Waals surface area contributed by atoms with Gasteiger partial charge in [0.1, 0.15) is 10.7 Å². The molecule has 122 valence electrons. The lowest BCUT2D eigenvalue weighted by Crippen LogP contribution is -2.28. The SMILES string of the molecule is C#CCN(C)S(=O)(=O)c1cnc(NCCO)c(C(F)(F)F)c1. The first-order chi connectivity index (χ1) is 10.1. The highest BCUT2D eigenvalue weighted by atomic mass is 32.2. The Balaban J connectivity index is 3.34. The number of aliphatic hydroxyl groups excluding tert-OH is 1. The van der Waals surface area contributed by atoms with E-state index in [1.54, 1.807) is 0 Å². The summed E-state index contributed by atoms with van der Waals surface area (Å²) in [6, 6.07) is 0.481. The molecule has 0 saturated carbocycles. The van der Waals surface area contributed by atoms with Crippen LogP contribution < -0.4 is 5.32 Å². The lowest BCUT2D eigenvalue weighted by atomic mass is 10.2. The van der Waals surface area contributed by atoms with Gasteiger partial charge >= 0.3 is 6.18 Å². The van der Waals surface area contributed by atoms with Crippen LogP contribution in [0, 0.1) is 12.3 Å². The molecule has 10 heteroatoms. The van der Waals surface area contributed by atoms with Gasteiger partial charge < -0.3 is 10.4 Å². The maximum absolute atomic E-state index is 13.0. The van der Waals surface area contributed by atoms with Gasteiger partial charge in [0.05, 0.1) is 18.7 Å². The van der Waals surface area contributed by atoms with Crippen LogP contribution in [0.4, 0.5) is 19.0 Å². The molecule has 0 unspecified atom stereocenters. The Morgan fingerprint density at radius 1 is 1.50 bits per heavy atom.